The second kappa shape index (κ2) is 50.4. The Morgan fingerprint density at radius 2 is 0.622 bits per heavy atom. The topological polar surface area (TPSA) is 233 Å². The second-order valence-electron chi connectivity index (χ2n) is 29.3. The third-order valence-corrected chi connectivity index (χ3v) is 22.4. The number of nitro benzene ring substituents is 2. The number of carbonyl (C=O) groups is 2. The fourth-order valence-electron chi connectivity index (χ4n) is 13.5. The normalized spacial score (nSPS) is 10.2. The molecule has 0 fully saturated rings. The molecule has 1 amide bonds. The largest absolute Gasteiger partial charge is 1.00 e. The van der Waals surface area contributed by atoms with Crippen LogP contribution in [0.2, 0.25) is 0 Å². The number of anilines is 11. The number of rotatable bonds is 18. The first-order valence-electron chi connectivity index (χ1n) is 42.3. The number of halogens is 5. The molecule has 20 rings (SSSR count). The van der Waals surface area contributed by atoms with Crippen molar-refractivity contribution in [3.63, 3.8) is 0 Å². The van der Waals surface area contributed by atoms with E-state index < -0.39 is 15.1 Å². The van der Waals surface area contributed by atoms with Gasteiger partial charge in [-0.15, -0.1) is 0 Å². The van der Waals surface area contributed by atoms with E-state index in [2.05, 4.69) is 269 Å². The van der Waals surface area contributed by atoms with E-state index in [4.69, 9.17) is 27.3 Å². The van der Waals surface area contributed by atoms with E-state index >= 15 is 0 Å². The Labute approximate surface area is 822 Å². The summed E-state index contributed by atoms with van der Waals surface area (Å²) < 4.78 is 7.91. The van der Waals surface area contributed by atoms with Crippen molar-refractivity contribution in [3.8, 4) is 34.2 Å². The molecule has 0 aliphatic rings. The van der Waals surface area contributed by atoms with E-state index in [9.17, 15) is 29.8 Å². The van der Waals surface area contributed by atoms with Crippen molar-refractivity contribution >= 4 is 182 Å². The SMILES string of the molecule is Brc1ccc(-c2nc3ccccc3n2-c2ccccc2)cc1.Nc1ccccc1.O=C(Cl)c1ccc(Br)cc1.O=C(Nc1ccccc1Nc1ccccc1)c1ccc(Br)cc1.O=[N+]([O-])c1ccccc1Br.O=[N+]([O-])c1ccccc1Nc1ccccc1.[H+].c1ccc(N(c2ccccc2)c2ccc(-c3nc4ccccc4n3-c3ccccc3)cc2)cc1.c1ccc(Nc2ccccc2)cc1. The van der Waals surface area contributed by atoms with Gasteiger partial charge in [-0.05, 0) is 270 Å². The molecule has 0 aliphatic carbocycles. The molecule has 135 heavy (non-hydrogen) atoms. The van der Waals surface area contributed by atoms with Crippen LogP contribution >= 0.6 is 75.3 Å². The Morgan fingerprint density at radius 3 is 1.01 bits per heavy atom. The van der Waals surface area contributed by atoms with Gasteiger partial charge in [0.1, 0.15) is 17.3 Å². The Morgan fingerprint density at radius 1 is 0.319 bits per heavy atom. The predicted molar refractivity (Wildman–Crippen MR) is 570 cm³/mol. The number of fused-ring (bicyclic) bond motifs is 2. The number of hydrogen-bond acceptors (Lipinski definition) is 13. The lowest BCUT2D eigenvalue weighted by Gasteiger charge is -2.25. The predicted octanol–water partition coefficient (Wildman–Crippen LogP) is 32.4. The number of amides is 1. The Hall–Kier alpha value is -16.0. The number of imidazole rings is 2. The van der Waals surface area contributed by atoms with Crippen molar-refractivity contribution < 1.29 is 20.9 Å². The highest BCUT2D eigenvalue weighted by atomic mass is 79.9. The van der Waals surface area contributed by atoms with Crippen LogP contribution in [0.3, 0.4) is 0 Å². The molecular formula is C112H88Br4ClN12O6+. The molecule has 20 aromatic rings. The lowest BCUT2D eigenvalue weighted by molar-refractivity contribution is -0.385. The van der Waals surface area contributed by atoms with E-state index in [1.165, 1.54) is 12.1 Å². The van der Waals surface area contributed by atoms with E-state index in [1.54, 1.807) is 72.8 Å². The summed E-state index contributed by atoms with van der Waals surface area (Å²) in [6.45, 7) is 0. The number of benzene rings is 18. The maximum atomic E-state index is 12.4. The molecule has 18 nitrogen and oxygen atoms in total. The summed E-state index contributed by atoms with van der Waals surface area (Å²) in [6, 6.07) is 159. The zero-order chi connectivity index (χ0) is 94.3. The van der Waals surface area contributed by atoms with Gasteiger partial charge in [0.05, 0.1) is 47.8 Å². The molecule has 0 bridgehead atoms. The molecule has 0 spiro atoms. The van der Waals surface area contributed by atoms with Gasteiger partial charge in [0.25, 0.3) is 22.5 Å². The Balaban J connectivity index is 0.000000146. The molecule has 18 aromatic carbocycles. The summed E-state index contributed by atoms with van der Waals surface area (Å²) >= 11 is 18.4. The van der Waals surface area contributed by atoms with Crippen molar-refractivity contribution in [1.29, 1.82) is 0 Å². The third kappa shape index (κ3) is 28.8. The lowest BCUT2D eigenvalue weighted by atomic mass is 10.1. The van der Waals surface area contributed by atoms with Gasteiger partial charge in [0.15, 0.2) is 0 Å². The molecule has 0 aliphatic heterocycles. The van der Waals surface area contributed by atoms with E-state index in [-0.39, 0.29) is 18.7 Å². The average molecular weight is 2050 g/mol. The number of hydrogen-bond donors (Lipinski definition) is 5. The van der Waals surface area contributed by atoms with E-state index in [0.717, 1.165) is 127 Å². The number of nitrogens with zero attached hydrogens (tertiary/aromatic N) is 7. The van der Waals surface area contributed by atoms with Crippen LogP contribution in [0.25, 0.3) is 56.2 Å². The Kier molecular flexibility index (Phi) is 36.1. The van der Waals surface area contributed by atoms with Gasteiger partial charge in [0, 0.05) is 105 Å². The monoisotopic (exact) mass is 2050 g/mol. The highest BCUT2D eigenvalue weighted by molar-refractivity contribution is 9.11. The smallest absolute Gasteiger partial charge is 0.399 e. The molecule has 2 aromatic heterocycles. The van der Waals surface area contributed by atoms with Crippen LogP contribution in [0.5, 0.6) is 0 Å². The minimum absolute atomic E-state index is 0. The summed E-state index contributed by atoms with van der Waals surface area (Å²) in [5, 5.41) is 33.1. The third-order valence-electron chi connectivity index (χ3n) is 19.9. The standard InChI is InChI=1S/C31H23N3.C19H15BrN2O.C19H13BrN2.C12H10N2O2.C12H11N.C7H4BrClO.C6H4BrNO2.C6H7N/c1-4-12-25(13-5-1)33(26-14-6-2-7-15-26)28-22-20-24(21-23-28)31-32-29-18-10-11-19-30(29)34(31)27-16-8-3-9-17-27;20-15-12-10-14(11-13-15)19(23)22-18-9-5-4-8-17(18)21-16-6-2-1-3-7-16;20-15-12-10-14(11-13-15)19-21-17-8-4-5-9-18(17)22(19)16-6-2-1-3-7-16;15-14(16)12-9-5-4-8-11(12)13-10-6-2-1-3-7-10;1-3-7-11(8-4-1)13-12-9-5-2-6-10-12;8-6-3-1-5(2-4-6)7(9)10;7-5-3-1-2-4-6(5)8(9)10;7-6-4-2-1-3-5-6/h1-23H;1-13,21H,(H,22,23);1-13H;1-9,13H;1-10,13H;2*1-4H;1-5H,7H2/p+1. The maximum absolute atomic E-state index is 12.4. The fourth-order valence-corrected chi connectivity index (χ4v) is 14.9. The number of nitrogen functional groups attached to an aromatic ring is 1. The average Bonchev–Trinajstić information content (AvgIpc) is 1.63. The number of carbonyl (C=O) groups excluding carboxylic acids is 2. The molecule has 0 atom stereocenters. The molecule has 0 saturated carbocycles. The highest BCUT2D eigenvalue weighted by Gasteiger charge is 2.20. The van der Waals surface area contributed by atoms with Gasteiger partial charge in [0.2, 0.25) is 0 Å². The molecule has 0 unspecified atom stereocenters. The van der Waals surface area contributed by atoms with Crippen molar-refractivity contribution in [1.82, 2.24) is 19.1 Å². The first-order valence-corrected chi connectivity index (χ1v) is 45.9. The Bertz CT molecular complexity index is 7060. The van der Waals surface area contributed by atoms with Crippen LogP contribution < -0.4 is 31.9 Å². The van der Waals surface area contributed by atoms with Crippen LogP contribution in [0, 0.1) is 20.2 Å². The summed E-state index contributed by atoms with van der Waals surface area (Å²) in [5.74, 6) is 1.75. The number of nitrogens with one attached hydrogen (secondary N) is 4. The first-order chi connectivity index (χ1) is 66.0. The minimum atomic E-state index is -0.427. The molecule has 666 valence electrons. The molecule has 2 heterocycles. The van der Waals surface area contributed by atoms with Crippen LogP contribution in [-0.2, 0) is 0 Å². The summed E-state index contributed by atoms with van der Waals surface area (Å²) in [6.07, 6.45) is 0. The number of para-hydroxylation sites is 18. The quantitative estimate of drug-likeness (QED) is 0.0233. The van der Waals surface area contributed by atoms with Crippen molar-refractivity contribution in [2.24, 2.45) is 0 Å². The summed E-state index contributed by atoms with van der Waals surface area (Å²) in [5.41, 5.74) is 25.6. The van der Waals surface area contributed by atoms with Gasteiger partial charge < -0.3 is 31.9 Å². The van der Waals surface area contributed by atoms with Crippen molar-refractivity contribution in [3.05, 3.63) is 541 Å². The van der Waals surface area contributed by atoms with Gasteiger partial charge >= 0.3 is 1.43 Å². The van der Waals surface area contributed by atoms with Crippen molar-refractivity contribution in [2.75, 3.05) is 31.9 Å². The van der Waals surface area contributed by atoms with Crippen LogP contribution in [-0.4, -0.2) is 40.1 Å². The molecular weight excluding hydrogens is 1960 g/mol. The second-order valence-corrected chi connectivity index (χ2v) is 33.2. The summed E-state index contributed by atoms with van der Waals surface area (Å²) in [7, 11) is 0. The maximum Gasteiger partial charge on any atom is 1.00 e. The molecule has 6 N–H and O–H groups in total. The van der Waals surface area contributed by atoms with Gasteiger partial charge in [-0.3, -0.25) is 39.0 Å². The van der Waals surface area contributed by atoms with Crippen molar-refractivity contribution in [2.45, 2.75) is 0 Å². The van der Waals surface area contributed by atoms with Gasteiger partial charge in [-0.25, -0.2) is 9.97 Å². The lowest BCUT2D eigenvalue weighted by Crippen LogP contribution is -2.12. The zero-order valence-corrected chi connectivity index (χ0v) is 79.4. The van der Waals surface area contributed by atoms with E-state index in [1.807, 2.05) is 237 Å². The highest BCUT2D eigenvalue weighted by Crippen LogP contribution is 2.38. The molecule has 0 radical (unpaired) electrons. The molecule has 23 heteroatoms. The van der Waals surface area contributed by atoms with Gasteiger partial charge in [-0.2, -0.15) is 0 Å². The number of nitro groups is 2. The minimum Gasteiger partial charge on any atom is -0.399 e. The van der Waals surface area contributed by atoms with Crippen LogP contribution in [0.1, 0.15) is 22.1 Å². The number of aromatic nitrogens is 4. The van der Waals surface area contributed by atoms with Gasteiger partial charge in [-0.1, -0.05) is 284 Å². The number of nitrogens with two attached hydrogens (primary N) is 1. The molecule has 0 saturated heterocycles. The van der Waals surface area contributed by atoms with Crippen LogP contribution in [0.4, 0.5) is 73.9 Å². The zero-order valence-electron chi connectivity index (χ0n) is 73.3. The summed E-state index contributed by atoms with van der Waals surface area (Å²) in [4.78, 5) is 55.1. The van der Waals surface area contributed by atoms with E-state index in [0.29, 0.717) is 21.3 Å². The first kappa shape index (κ1) is 96.6. The van der Waals surface area contributed by atoms with Crippen LogP contribution in [0.15, 0.2) is 509 Å². The fraction of sp³-hybridized carbons (Fsp3) is 0.